The van der Waals surface area contributed by atoms with Gasteiger partial charge >= 0.3 is 0 Å². The Morgan fingerprint density at radius 3 is 2.17 bits per heavy atom. The molecule has 2 aromatic carbocycles. The van der Waals surface area contributed by atoms with E-state index in [1.807, 2.05) is 48.5 Å². The first kappa shape index (κ1) is 15.8. The average molecular weight is 308 g/mol. The number of carbonyl (C=O) groups excluding carboxylic acids is 1. The molecule has 120 valence electrons. The molecule has 1 fully saturated rings. The number of benzene rings is 2. The molecule has 0 heterocycles. The molecule has 1 aliphatic carbocycles. The minimum absolute atomic E-state index is 0.0344. The van der Waals surface area contributed by atoms with Gasteiger partial charge < -0.3 is 11.1 Å². The van der Waals surface area contributed by atoms with Gasteiger partial charge in [0.25, 0.3) is 0 Å². The molecule has 1 amide bonds. The molecule has 1 aliphatic rings. The van der Waals surface area contributed by atoms with Crippen LogP contribution in [0.5, 0.6) is 0 Å². The lowest BCUT2D eigenvalue weighted by atomic mass is 9.87. The highest BCUT2D eigenvalue weighted by molar-refractivity contribution is 5.78. The summed E-state index contributed by atoms with van der Waals surface area (Å²) in [5.74, 6) is 0.0344. The number of nitrogens with one attached hydrogen (secondary N) is 1. The lowest BCUT2D eigenvalue weighted by Crippen LogP contribution is -2.44. The predicted octanol–water partition coefficient (Wildman–Crippen LogP) is 3.66. The number of hydrogen-bond donors (Lipinski definition) is 2. The molecule has 2 aromatic rings. The number of nitrogens with two attached hydrogens (primary N) is 1. The van der Waals surface area contributed by atoms with Crippen LogP contribution in [0.1, 0.15) is 49.3 Å². The maximum atomic E-state index is 12.6. The molecule has 3 rings (SSSR count). The predicted molar refractivity (Wildman–Crippen MR) is 92.7 cm³/mol. The first-order valence-electron chi connectivity index (χ1n) is 8.37. The Morgan fingerprint density at radius 1 is 1.00 bits per heavy atom. The molecule has 23 heavy (non-hydrogen) atoms. The summed E-state index contributed by atoms with van der Waals surface area (Å²) in [7, 11) is 0. The number of rotatable bonds is 5. The van der Waals surface area contributed by atoms with Crippen LogP contribution >= 0.6 is 0 Å². The van der Waals surface area contributed by atoms with Crippen molar-refractivity contribution in [2.75, 3.05) is 0 Å². The van der Waals surface area contributed by atoms with E-state index >= 15 is 0 Å². The van der Waals surface area contributed by atoms with Gasteiger partial charge in [-0.1, -0.05) is 73.5 Å². The van der Waals surface area contributed by atoms with Gasteiger partial charge in [-0.25, -0.2) is 0 Å². The highest BCUT2D eigenvalue weighted by Gasteiger charge is 2.36. The van der Waals surface area contributed by atoms with E-state index in [1.54, 1.807) is 0 Å². The van der Waals surface area contributed by atoms with Crippen LogP contribution in [0.15, 0.2) is 60.7 Å². The van der Waals surface area contributed by atoms with Crippen LogP contribution < -0.4 is 11.1 Å². The van der Waals surface area contributed by atoms with Crippen molar-refractivity contribution >= 4 is 5.91 Å². The first-order valence-corrected chi connectivity index (χ1v) is 8.37. The van der Waals surface area contributed by atoms with Gasteiger partial charge in [0.2, 0.25) is 5.91 Å². The molecule has 0 aromatic heterocycles. The minimum Gasteiger partial charge on any atom is -0.347 e. The minimum atomic E-state index is -0.259. The Labute approximate surface area is 137 Å². The lowest BCUT2D eigenvalue weighted by molar-refractivity contribution is -0.123. The quantitative estimate of drug-likeness (QED) is 0.885. The Morgan fingerprint density at radius 2 is 1.57 bits per heavy atom. The van der Waals surface area contributed by atoms with E-state index in [1.165, 1.54) is 5.56 Å². The maximum Gasteiger partial charge on any atom is 0.222 e. The van der Waals surface area contributed by atoms with Crippen molar-refractivity contribution in [1.82, 2.24) is 5.32 Å². The van der Waals surface area contributed by atoms with Gasteiger partial charge in [-0.3, -0.25) is 4.79 Å². The van der Waals surface area contributed by atoms with E-state index in [0.717, 1.165) is 31.2 Å². The summed E-state index contributed by atoms with van der Waals surface area (Å²) in [5.41, 5.74) is 8.19. The summed E-state index contributed by atoms with van der Waals surface area (Å²) in [6.07, 6.45) is 4.63. The van der Waals surface area contributed by atoms with Crippen LogP contribution in [0.4, 0.5) is 0 Å². The van der Waals surface area contributed by atoms with E-state index in [9.17, 15) is 4.79 Å². The van der Waals surface area contributed by atoms with Crippen molar-refractivity contribution in [2.45, 2.75) is 43.7 Å². The highest BCUT2D eigenvalue weighted by atomic mass is 16.1. The van der Waals surface area contributed by atoms with E-state index in [0.29, 0.717) is 6.42 Å². The van der Waals surface area contributed by atoms with Crippen LogP contribution in [0.2, 0.25) is 0 Å². The fourth-order valence-corrected chi connectivity index (χ4v) is 3.56. The first-order chi connectivity index (χ1) is 11.2. The van der Waals surface area contributed by atoms with Crippen molar-refractivity contribution in [3.8, 4) is 0 Å². The van der Waals surface area contributed by atoms with Crippen molar-refractivity contribution in [3.05, 3.63) is 71.8 Å². The molecule has 3 nitrogen and oxygen atoms in total. The molecule has 0 radical (unpaired) electrons. The van der Waals surface area contributed by atoms with E-state index in [4.69, 9.17) is 5.73 Å². The third kappa shape index (κ3) is 3.62. The van der Waals surface area contributed by atoms with E-state index < -0.39 is 0 Å². The fraction of sp³-hybridized carbons (Fsp3) is 0.350. The van der Waals surface area contributed by atoms with Crippen LogP contribution in [0.25, 0.3) is 0 Å². The topological polar surface area (TPSA) is 55.1 Å². The normalized spacial score (nSPS) is 17.6. The fourth-order valence-electron chi connectivity index (χ4n) is 3.56. The summed E-state index contributed by atoms with van der Waals surface area (Å²) in [4.78, 5) is 12.6. The van der Waals surface area contributed by atoms with Gasteiger partial charge in [0.1, 0.15) is 0 Å². The second-order valence-electron chi connectivity index (χ2n) is 6.42. The number of carbonyl (C=O) groups is 1. The number of amides is 1. The van der Waals surface area contributed by atoms with Crippen LogP contribution in [-0.2, 0) is 10.3 Å². The zero-order valence-electron chi connectivity index (χ0n) is 13.4. The van der Waals surface area contributed by atoms with Crippen molar-refractivity contribution in [3.63, 3.8) is 0 Å². The molecular formula is C20H24N2O. The van der Waals surface area contributed by atoms with Gasteiger partial charge in [-0.15, -0.1) is 0 Å². The van der Waals surface area contributed by atoms with Gasteiger partial charge in [-0.2, -0.15) is 0 Å². The molecule has 1 saturated carbocycles. The summed E-state index contributed by atoms with van der Waals surface area (Å²) in [6, 6.07) is 19.9. The summed E-state index contributed by atoms with van der Waals surface area (Å²) < 4.78 is 0. The zero-order valence-corrected chi connectivity index (χ0v) is 13.4. The van der Waals surface area contributed by atoms with Gasteiger partial charge in [-0.05, 0) is 24.0 Å². The molecule has 3 N–H and O–H groups in total. The van der Waals surface area contributed by atoms with Crippen LogP contribution in [-0.4, -0.2) is 5.91 Å². The SMILES string of the molecule is NC(CC(=O)NC1(c2ccccc2)CCCC1)c1ccccc1. The molecule has 0 spiro atoms. The molecule has 0 saturated heterocycles. The summed E-state index contributed by atoms with van der Waals surface area (Å²) in [6.45, 7) is 0. The third-order valence-corrected chi connectivity index (χ3v) is 4.80. The van der Waals surface area contributed by atoms with Crippen molar-refractivity contribution in [1.29, 1.82) is 0 Å². The molecule has 0 bridgehead atoms. The molecule has 3 heteroatoms. The molecule has 1 unspecified atom stereocenters. The lowest BCUT2D eigenvalue weighted by Gasteiger charge is -2.31. The zero-order chi connectivity index (χ0) is 16.1. The second-order valence-corrected chi connectivity index (χ2v) is 6.42. The number of hydrogen-bond acceptors (Lipinski definition) is 2. The van der Waals surface area contributed by atoms with E-state index in [-0.39, 0.29) is 17.5 Å². The smallest absolute Gasteiger partial charge is 0.222 e. The molecular weight excluding hydrogens is 284 g/mol. The monoisotopic (exact) mass is 308 g/mol. The third-order valence-electron chi connectivity index (χ3n) is 4.80. The van der Waals surface area contributed by atoms with Gasteiger partial charge in [0, 0.05) is 12.5 Å². The Kier molecular flexibility index (Phi) is 4.77. The highest BCUT2D eigenvalue weighted by Crippen LogP contribution is 2.38. The van der Waals surface area contributed by atoms with Crippen molar-refractivity contribution < 1.29 is 4.79 Å². The largest absolute Gasteiger partial charge is 0.347 e. The maximum absolute atomic E-state index is 12.6. The van der Waals surface area contributed by atoms with Crippen LogP contribution in [0.3, 0.4) is 0 Å². The summed E-state index contributed by atoms with van der Waals surface area (Å²) in [5, 5.41) is 3.29. The average Bonchev–Trinajstić information content (AvgIpc) is 3.06. The molecule has 1 atom stereocenters. The van der Waals surface area contributed by atoms with Crippen molar-refractivity contribution in [2.24, 2.45) is 5.73 Å². The Bertz CT molecular complexity index is 633. The van der Waals surface area contributed by atoms with Gasteiger partial charge in [0.05, 0.1) is 5.54 Å². The van der Waals surface area contributed by atoms with Gasteiger partial charge in [0.15, 0.2) is 0 Å². The Hall–Kier alpha value is -2.13. The van der Waals surface area contributed by atoms with E-state index in [2.05, 4.69) is 17.4 Å². The van der Waals surface area contributed by atoms with Crippen LogP contribution in [0, 0.1) is 0 Å². The second kappa shape index (κ2) is 6.97. The Balaban J connectivity index is 1.70. The summed E-state index contributed by atoms with van der Waals surface area (Å²) >= 11 is 0. The standard InChI is InChI=1S/C20H24N2O/c21-18(16-9-3-1-4-10-16)15-19(23)22-20(13-7-8-14-20)17-11-5-2-6-12-17/h1-6,9-12,18H,7-8,13-15,21H2,(H,22,23). The molecule has 0 aliphatic heterocycles.